The zero-order valence-electron chi connectivity index (χ0n) is 18.3. The Morgan fingerprint density at radius 3 is 1.38 bits per heavy atom. The molecular formula is C27H30F2. The molecule has 0 aliphatic heterocycles. The lowest BCUT2D eigenvalue weighted by Gasteiger charge is -2.14. The van der Waals surface area contributed by atoms with Crippen LogP contribution in [0, 0.1) is 46.3 Å². The molecule has 0 fully saturated rings. The molecule has 0 bridgehead atoms. The highest BCUT2D eigenvalue weighted by Gasteiger charge is 2.14. The summed E-state index contributed by atoms with van der Waals surface area (Å²) in [5.74, 6) is -0.409. The molecule has 3 rings (SSSR count). The zero-order valence-corrected chi connectivity index (χ0v) is 18.3. The average molecular weight is 393 g/mol. The fraction of sp³-hybridized carbons (Fsp3) is 0.333. The molecule has 0 unspecified atom stereocenters. The number of hydrogen-bond acceptors (Lipinski definition) is 0. The molecule has 29 heavy (non-hydrogen) atoms. The Kier molecular flexibility index (Phi) is 6.21. The minimum atomic E-state index is -0.209. The maximum absolute atomic E-state index is 15.0. The van der Waals surface area contributed by atoms with Crippen LogP contribution in [-0.2, 0) is 19.3 Å². The minimum Gasteiger partial charge on any atom is -0.207 e. The van der Waals surface area contributed by atoms with Crippen LogP contribution < -0.4 is 0 Å². The Hall–Kier alpha value is -2.48. The van der Waals surface area contributed by atoms with Crippen LogP contribution in [-0.4, -0.2) is 0 Å². The molecule has 0 atom stereocenters. The molecule has 0 aromatic heterocycles. The number of hydrogen-bond donors (Lipinski definition) is 0. The van der Waals surface area contributed by atoms with Crippen LogP contribution in [0.5, 0.6) is 0 Å². The van der Waals surface area contributed by atoms with E-state index in [1.165, 1.54) is 16.7 Å². The van der Waals surface area contributed by atoms with Gasteiger partial charge in [0.25, 0.3) is 0 Å². The summed E-state index contributed by atoms with van der Waals surface area (Å²) in [7, 11) is 0. The molecule has 0 radical (unpaired) electrons. The first-order valence-corrected chi connectivity index (χ1v) is 10.3. The summed E-state index contributed by atoms with van der Waals surface area (Å²) in [6.07, 6.45) is 1.78. The summed E-state index contributed by atoms with van der Waals surface area (Å²) < 4.78 is 29.6. The van der Waals surface area contributed by atoms with Gasteiger partial charge in [-0.15, -0.1) is 0 Å². The monoisotopic (exact) mass is 392 g/mol. The summed E-state index contributed by atoms with van der Waals surface area (Å²) >= 11 is 0. The quantitative estimate of drug-likeness (QED) is 0.429. The van der Waals surface area contributed by atoms with E-state index in [0.717, 1.165) is 39.8 Å². The lowest BCUT2D eigenvalue weighted by atomic mass is 9.92. The van der Waals surface area contributed by atoms with Crippen LogP contribution >= 0.6 is 0 Å². The third-order valence-electron chi connectivity index (χ3n) is 6.11. The minimum absolute atomic E-state index is 0.199. The van der Waals surface area contributed by atoms with Crippen molar-refractivity contribution < 1.29 is 8.78 Å². The van der Waals surface area contributed by atoms with Crippen molar-refractivity contribution in [1.82, 2.24) is 0 Å². The van der Waals surface area contributed by atoms with Crippen molar-refractivity contribution in [3.05, 3.63) is 104 Å². The number of rotatable bonds is 5. The van der Waals surface area contributed by atoms with E-state index in [1.54, 1.807) is 12.1 Å². The van der Waals surface area contributed by atoms with E-state index < -0.39 is 0 Å². The highest BCUT2D eigenvalue weighted by Crippen LogP contribution is 2.26. The van der Waals surface area contributed by atoms with Crippen molar-refractivity contribution in [1.29, 1.82) is 0 Å². The zero-order chi connectivity index (χ0) is 21.3. The predicted octanol–water partition coefficient (Wildman–Crippen LogP) is 7.25. The van der Waals surface area contributed by atoms with Gasteiger partial charge in [0.15, 0.2) is 0 Å². The first kappa shape index (κ1) is 21.2. The van der Waals surface area contributed by atoms with E-state index in [-0.39, 0.29) is 11.6 Å². The number of benzene rings is 3. The van der Waals surface area contributed by atoms with Gasteiger partial charge in [-0.1, -0.05) is 31.2 Å². The summed E-state index contributed by atoms with van der Waals surface area (Å²) in [6.45, 7) is 12.2. The second-order valence-electron chi connectivity index (χ2n) is 8.31. The van der Waals surface area contributed by atoms with Crippen LogP contribution in [0.3, 0.4) is 0 Å². The average Bonchev–Trinajstić information content (AvgIpc) is 2.65. The van der Waals surface area contributed by atoms with Crippen molar-refractivity contribution in [3.63, 3.8) is 0 Å². The summed E-state index contributed by atoms with van der Waals surface area (Å²) in [5.41, 5.74) is 9.89. The van der Waals surface area contributed by atoms with Crippen molar-refractivity contribution in [2.45, 2.75) is 60.8 Å². The molecular weight excluding hydrogens is 362 g/mol. The smallest absolute Gasteiger partial charge is 0.127 e. The Morgan fingerprint density at radius 1 is 0.552 bits per heavy atom. The first-order valence-electron chi connectivity index (χ1n) is 10.3. The van der Waals surface area contributed by atoms with E-state index >= 15 is 4.39 Å². The Bertz CT molecular complexity index is 991. The maximum atomic E-state index is 15.0. The molecule has 2 heteroatoms. The van der Waals surface area contributed by atoms with Crippen LogP contribution in [0.15, 0.2) is 36.4 Å². The largest absolute Gasteiger partial charge is 0.207 e. The van der Waals surface area contributed by atoms with Crippen LogP contribution in [0.1, 0.15) is 62.6 Å². The van der Waals surface area contributed by atoms with Gasteiger partial charge in [-0.2, -0.15) is 0 Å². The summed E-state index contributed by atoms with van der Waals surface area (Å²) in [4.78, 5) is 0. The predicted molar refractivity (Wildman–Crippen MR) is 118 cm³/mol. The first-order chi connectivity index (χ1) is 13.7. The van der Waals surface area contributed by atoms with Gasteiger partial charge in [0.1, 0.15) is 11.6 Å². The summed E-state index contributed by atoms with van der Waals surface area (Å²) in [5, 5.41) is 0. The van der Waals surface area contributed by atoms with Crippen LogP contribution in [0.25, 0.3) is 0 Å². The van der Waals surface area contributed by atoms with Crippen molar-refractivity contribution in [2.75, 3.05) is 0 Å². The molecule has 0 heterocycles. The number of halogens is 2. The lowest BCUT2D eigenvalue weighted by molar-refractivity contribution is 0.603. The van der Waals surface area contributed by atoms with Gasteiger partial charge >= 0.3 is 0 Å². The second-order valence-corrected chi connectivity index (χ2v) is 8.31. The highest BCUT2D eigenvalue weighted by atomic mass is 19.1. The molecule has 3 aromatic rings. The molecule has 0 nitrogen and oxygen atoms in total. The van der Waals surface area contributed by atoms with E-state index in [0.29, 0.717) is 18.4 Å². The fourth-order valence-electron chi connectivity index (χ4n) is 4.08. The van der Waals surface area contributed by atoms with E-state index in [9.17, 15) is 4.39 Å². The van der Waals surface area contributed by atoms with Crippen molar-refractivity contribution in [3.8, 4) is 0 Å². The van der Waals surface area contributed by atoms with Gasteiger partial charge < -0.3 is 0 Å². The Labute approximate surface area is 173 Å². The molecule has 0 aliphatic carbocycles. The van der Waals surface area contributed by atoms with Crippen molar-refractivity contribution in [2.24, 2.45) is 0 Å². The van der Waals surface area contributed by atoms with Gasteiger partial charge in [0, 0.05) is 12.8 Å². The summed E-state index contributed by atoms with van der Waals surface area (Å²) in [6, 6.07) is 11.5. The normalized spacial score (nSPS) is 11.2. The molecule has 0 spiro atoms. The molecule has 0 saturated carbocycles. The highest BCUT2D eigenvalue weighted by molar-refractivity contribution is 5.43. The molecule has 0 aliphatic rings. The maximum Gasteiger partial charge on any atom is 0.127 e. The molecule has 0 saturated heterocycles. The SMILES string of the molecule is CCc1cc(C)c(Cc2cc(C)c(Cc3cc(C)c(C)c(C)c3)c(F)c2)c(F)c1. The van der Waals surface area contributed by atoms with E-state index in [4.69, 9.17) is 0 Å². The van der Waals surface area contributed by atoms with Gasteiger partial charge in [0.05, 0.1) is 0 Å². The lowest BCUT2D eigenvalue weighted by Crippen LogP contribution is -2.03. The topological polar surface area (TPSA) is 0 Å². The Balaban J connectivity index is 1.91. The van der Waals surface area contributed by atoms with Crippen LogP contribution in [0.4, 0.5) is 8.78 Å². The van der Waals surface area contributed by atoms with Gasteiger partial charge in [0.2, 0.25) is 0 Å². The van der Waals surface area contributed by atoms with Gasteiger partial charge in [-0.05, 0) is 109 Å². The standard InChI is InChI=1S/C27H30F2/c1-7-21-10-18(4)25(26(28)14-21)13-23-11-19(5)24(27(29)15-23)12-22-8-16(2)20(6)17(3)9-22/h8-11,14-15H,7,12-13H2,1-6H3. The fourth-order valence-corrected chi connectivity index (χ4v) is 4.08. The third-order valence-corrected chi connectivity index (χ3v) is 6.11. The second kappa shape index (κ2) is 8.49. The van der Waals surface area contributed by atoms with Gasteiger partial charge in [-0.3, -0.25) is 0 Å². The Morgan fingerprint density at radius 2 is 0.931 bits per heavy atom. The van der Waals surface area contributed by atoms with E-state index in [2.05, 4.69) is 32.9 Å². The third kappa shape index (κ3) is 4.58. The number of aryl methyl sites for hydroxylation is 5. The van der Waals surface area contributed by atoms with E-state index in [1.807, 2.05) is 32.9 Å². The molecule has 152 valence electrons. The molecule has 3 aromatic carbocycles. The van der Waals surface area contributed by atoms with Gasteiger partial charge in [-0.25, -0.2) is 8.78 Å². The molecule has 0 amide bonds. The van der Waals surface area contributed by atoms with Crippen LogP contribution in [0.2, 0.25) is 0 Å². The van der Waals surface area contributed by atoms with Crippen molar-refractivity contribution >= 4 is 0 Å². The molecule has 0 N–H and O–H groups in total.